The van der Waals surface area contributed by atoms with Crippen LogP contribution < -0.4 is 5.43 Å². The molecule has 7 heteroatoms. The van der Waals surface area contributed by atoms with Crippen LogP contribution in [0.25, 0.3) is 16.5 Å². The van der Waals surface area contributed by atoms with Crippen LogP contribution in [0, 0.1) is 6.92 Å². The number of nitrogens with one attached hydrogen (secondary N) is 1. The fourth-order valence-electron chi connectivity index (χ4n) is 3.02. The van der Waals surface area contributed by atoms with Crippen LogP contribution in [-0.2, 0) is 0 Å². The number of rotatable bonds is 4. The lowest BCUT2D eigenvalue weighted by atomic mass is 10.1. The molecule has 29 heavy (non-hydrogen) atoms. The highest BCUT2D eigenvalue weighted by Crippen LogP contribution is 2.25. The largest absolute Gasteiger partial charge is 0.507 e. The van der Waals surface area contributed by atoms with E-state index in [1.165, 1.54) is 6.21 Å². The maximum Gasteiger partial charge on any atom is 0.275 e. The molecule has 1 heterocycles. The van der Waals surface area contributed by atoms with E-state index in [2.05, 4.69) is 15.6 Å². The Bertz CT molecular complexity index is 1230. The van der Waals surface area contributed by atoms with E-state index in [-0.39, 0.29) is 11.3 Å². The zero-order valence-electron chi connectivity index (χ0n) is 15.5. The number of carbonyl (C=O) groups is 1. The number of nitrogens with zero attached hydrogens (tertiary/aromatic N) is 3. The van der Waals surface area contributed by atoms with E-state index in [1.807, 2.05) is 61.5 Å². The number of hydrazone groups is 1. The highest BCUT2D eigenvalue weighted by molar-refractivity contribution is 6.32. The number of hydrogen-bond acceptors (Lipinski definition) is 4. The number of phenols is 1. The number of aryl methyl sites for hydroxylation is 1. The van der Waals surface area contributed by atoms with Crippen molar-refractivity contribution in [1.82, 2.24) is 15.2 Å². The summed E-state index contributed by atoms with van der Waals surface area (Å²) in [4.78, 5) is 12.5. The molecule has 0 atom stereocenters. The number of phenolic OH excluding ortho intramolecular Hbond substituents is 1. The predicted octanol–water partition coefficient (Wildman–Crippen LogP) is 4.46. The van der Waals surface area contributed by atoms with Crippen LogP contribution >= 0.6 is 11.6 Å². The van der Waals surface area contributed by atoms with Crippen molar-refractivity contribution in [2.75, 3.05) is 0 Å². The molecule has 0 bridgehead atoms. The molecule has 3 aromatic carbocycles. The average Bonchev–Trinajstić information content (AvgIpc) is 3.02. The summed E-state index contributed by atoms with van der Waals surface area (Å²) in [6.45, 7) is 1.81. The summed E-state index contributed by atoms with van der Waals surface area (Å²) >= 11 is 6.44. The summed E-state index contributed by atoms with van der Waals surface area (Å²) in [7, 11) is 0. The summed E-state index contributed by atoms with van der Waals surface area (Å²) in [6, 6.07) is 20.1. The standard InChI is InChI=1S/C22H17ClN4O2/c1-14-19(21(23)27(26-14)17-9-3-2-4-10-17)13-24-25-22(29)18-11-15-7-5-6-8-16(15)12-20(18)28/h2-13,28H,1H3,(H,25,29)/b24-13+. The molecule has 0 unspecified atom stereocenters. The van der Waals surface area contributed by atoms with Gasteiger partial charge in [-0.05, 0) is 42.0 Å². The molecular formula is C22H17ClN4O2. The first-order chi connectivity index (χ1) is 14.0. The lowest BCUT2D eigenvalue weighted by molar-refractivity contribution is 0.0952. The van der Waals surface area contributed by atoms with Gasteiger partial charge in [-0.2, -0.15) is 10.2 Å². The highest BCUT2D eigenvalue weighted by Gasteiger charge is 2.14. The molecule has 0 spiro atoms. The van der Waals surface area contributed by atoms with Gasteiger partial charge in [-0.3, -0.25) is 4.79 Å². The summed E-state index contributed by atoms with van der Waals surface area (Å²) in [5.41, 5.74) is 4.67. The number of halogens is 1. The maximum atomic E-state index is 12.5. The van der Waals surface area contributed by atoms with E-state index in [4.69, 9.17) is 11.6 Å². The summed E-state index contributed by atoms with van der Waals surface area (Å²) in [6.07, 6.45) is 1.44. The second kappa shape index (κ2) is 7.77. The third kappa shape index (κ3) is 3.70. The van der Waals surface area contributed by atoms with E-state index in [1.54, 1.807) is 16.8 Å². The van der Waals surface area contributed by atoms with Crippen LogP contribution in [-0.4, -0.2) is 27.0 Å². The minimum atomic E-state index is -0.520. The van der Waals surface area contributed by atoms with Crippen molar-refractivity contribution in [1.29, 1.82) is 0 Å². The molecular weight excluding hydrogens is 388 g/mol. The van der Waals surface area contributed by atoms with Gasteiger partial charge in [0.25, 0.3) is 5.91 Å². The molecule has 0 radical (unpaired) electrons. The Kier molecular flexibility index (Phi) is 5.01. The first-order valence-electron chi connectivity index (χ1n) is 8.90. The molecule has 4 rings (SSSR count). The molecule has 0 aliphatic heterocycles. The van der Waals surface area contributed by atoms with Crippen molar-refractivity contribution in [3.8, 4) is 11.4 Å². The Morgan fingerprint density at radius 1 is 1.10 bits per heavy atom. The van der Waals surface area contributed by atoms with Gasteiger partial charge in [-0.1, -0.05) is 54.1 Å². The zero-order valence-corrected chi connectivity index (χ0v) is 16.3. The van der Waals surface area contributed by atoms with Gasteiger partial charge in [-0.15, -0.1) is 0 Å². The quantitative estimate of drug-likeness (QED) is 0.389. The number of amides is 1. The van der Waals surface area contributed by atoms with Crippen molar-refractivity contribution >= 4 is 34.5 Å². The molecule has 0 aliphatic rings. The van der Waals surface area contributed by atoms with Gasteiger partial charge in [0.2, 0.25) is 0 Å². The number of para-hydroxylation sites is 1. The van der Waals surface area contributed by atoms with Gasteiger partial charge in [0.05, 0.1) is 28.7 Å². The Balaban J connectivity index is 1.56. The molecule has 0 fully saturated rings. The fraction of sp³-hybridized carbons (Fsp3) is 0.0455. The van der Waals surface area contributed by atoms with Crippen molar-refractivity contribution in [3.63, 3.8) is 0 Å². The van der Waals surface area contributed by atoms with Crippen LogP contribution in [0.3, 0.4) is 0 Å². The van der Waals surface area contributed by atoms with Gasteiger partial charge in [-0.25, -0.2) is 10.1 Å². The second-order valence-corrected chi connectivity index (χ2v) is 6.81. The number of benzene rings is 3. The van der Waals surface area contributed by atoms with Gasteiger partial charge in [0.1, 0.15) is 10.9 Å². The van der Waals surface area contributed by atoms with Gasteiger partial charge < -0.3 is 5.11 Å². The van der Waals surface area contributed by atoms with Crippen molar-refractivity contribution < 1.29 is 9.90 Å². The number of aromatic hydroxyl groups is 1. The Morgan fingerprint density at radius 3 is 2.48 bits per heavy atom. The molecule has 4 aromatic rings. The van der Waals surface area contributed by atoms with Gasteiger partial charge in [0, 0.05) is 0 Å². The minimum absolute atomic E-state index is 0.109. The molecule has 2 N–H and O–H groups in total. The lowest BCUT2D eigenvalue weighted by Crippen LogP contribution is -2.17. The van der Waals surface area contributed by atoms with Crippen LogP contribution in [0.2, 0.25) is 5.15 Å². The Hall–Kier alpha value is -3.64. The Labute approximate surface area is 172 Å². The topological polar surface area (TPSA) is 79.5 Å². The maximum absolute atomic E-state index is 12.5. The smallest absolute Gasteiger partial charge is 0.275 e. The molecule has 0 saturated carbocycles. The van der Waals surface area contributed by atoms with E-state index in [0.717, 1.165) is 16.5 Å². The van der Waals surface area contributed by atoms with E-state index in [0.29, 0.717) is 16.4 Å². The number of hydrogen-bond donors (Lipinski definition) is 2. The second-order valence-electron chi connectivity index (χ2n) is 6.45. The van der Waals surface area contributed by atoms with E-state index >= 15 is 0 Å². The SMILES string of the molecule is Cc1nn(-c2ccccc2)c(Cl)c1/C=N/NC(=O)c1cc2ccccc2cc1O. The Morgan fingerprint density at radius 2 is 1.76 bits per heavy atom. The molecule has 6 nitrogen and oxygen atoms in total. The fourth-order valence-corrected chi connectivity index (χ4v) is 3.34. The van der Waals surface area contributed by atoms with E-state index < -0.39 is 5.91 Å². The van der Waals surface area contributed by atoms with Gasteiger partial charge >= 0.3 is 0 Å². The molecule has 0 saturated heterocycles. The highest BCUT2D eigenvalue weighted by atomic mass is 35.5. The van der Waals surface area contributed by atoms with Crippen LogP contribution in [0.1, 0.15) is 21.6 Å². The first kappa shape index (κ1) is 18.7. The third-order valence-electron chi connectivity index (χ3n) is 4.52. The number of aromatic nitrogens is 2. The first-order valence-corrected chi connectivity index (χ1v) is 9.28. The number of fused-ring (bicyclic) bond motifs is 1. The molecule has 1 aromatic heterocycles. The third-order valence-corrected chi connectivity index (χ3v) is 4.88. The predicted molar refractivity (Wildman–Crippen MR) is 114 cm³/mol. The monoisotopic (exact) mass is 404 g/mol. The van der Waals surface area contributed by atoms with Crippen molar-refractivity contribution in [2.24, 2.45) is 5.10 Å². The van der Waals surface area contributed by atoms with Crippen molar-refractivity contribution in [2.45, 2.75) is 6.92 Å². The summed E-state index contributed by atoms with van der Waals surface area (Å²) in [5.74, 6) is -0.628. The van der Waals surface area contributed by atoms with Crippen molar-refractivity contribution in [3.05, 3.63) is 88.7 Å². The average molecular weight is 405 g/mol. The molecule has 144 valence electrons. The molecule has 1 amide bonds. The number of carbonyl (C=O) groups excluding carboxylic acids is 1. The van der Waals surface area contributed by atoms with Gasteiger partial charge in [0.15, 0.2) is 0 Å². The summed E-state index contributed by atoms with van der Waals surface area (Å²) in [5, 5.41) is 20.7. The van der Waals surface area contributed by atoms with Crippen LogP contribution in [0.15, 0.2) is 71.8 Å². The van der Waals surface area contributed by atoms with E-state index in [9.17, 15) is 9.90 Å². The van der Waals surface area contributed by atoms with Crippen LogP contribution in [0.4, 0.5) is 0 Å². The summed E-state index contributed by atoms with van der Waals surface area (Å²) < 4.78 is 1.61. The molecule has 0 aliphatic carbocycles. The lowest BCUT2D eigenvalue weighted by Gasteiger charge is -2.05. The zero-order chi connectivity index (χ0) is 20.4. The van der Waals surface area contributed by atoms with Crippen LogP contribution in [0.5, 0.6) is 5.75 Å². The normalized spacial score (nSPS) is 11.2. The minimum Gasteiger partial charge on any atom is -0.507 e.